The van der Waals surface area contributed by atoms with Gasteiger partial charge >= 0.3 is 0 Å². The molecule has 4 nitrogen and oxygen atoms in total. The van der Waals surface area contributed by atoms with E-state index in [9.17, 15) is 0 Å². The molecule has 0 atom stereocenters. The van der Waals surface area contributed by atoms with E-state index in [1.165, 1.54) is 25.7 Å². The van der Waals surface area contributed by atoms with Crippen LogP contribution in [-0.2, 0) is 0 Å². The molecule has 0 unspecified atom stereocenters. The molecule has 1 aromatic heterocycles. The number of anilines is 2. The van der Waals surface area contributed by atoms with Crippen molar-refractivity contribution in [2.24, 2.45) is 11.3 Å². The maximum absolute atomic E-state index is 4.24. The lowest BCUT2D eigenvalue weighted by Crippen LogP contribution is -2.18. The van der Waals surface area contributed by atoms with Crippen molar-refractivity contribution in [1.29, 1.82) is 0 Å². The summed E-state index contributed by atoms with van der Waals surface area (Å²) in [6.45, 7) is 1.08. The summed E-state index contributed by atoms with van der Waals surface area (Å²) in [5.74, 6) is 2.80. The first-order chi connectivity index (χ1) is 7.82. The third-order valence-electron chi connectivity index (χ3n) is 3.88. The van der Waals surface area contributed by atoms with E-state index in [-0.39, 0.29) is 0 Å². The molecule has 2 aliphatic carbocycles. The van der Waals surface area contributed by atoms with E-state index in [0.717, 1.165) is 24.1 Å². The fourth-order valence-electron chi connectivity index (χ4n) is 2.44. The zero-order valence-electron chi connectivity index (χ0n) is 9.66. The normalized spacial score (nSPS) is 21.6. The number of rotatable bonds is 5. The highest BCUT2D eigenvalue weighted by Gasteiger charge is 2.53. The van der Waals surface area contributed by atoms with Gasteiger partial charge in [0.05, 0.1) is 0 Å². The van der Waals surface area contributed by atoms with Crippen LogP contribution in [0.15, 0.2) is 12.4 Å². The standard InChI is InChI=1S/C12H18N4/c1-13-10-6-11(16-8-15-10)14-7-12(4-5-12)9-2-3-9/h6,8-9H,2-5,7H2,1H3,(H2,13,14,15,16). The van der Waals surface area contributed by atoms with Gasteiger partial charge in [0.2, 0.25) is 0 Å². The van der Waals surface area contributed by atoms with Gasteiger partial charge in [0.15, 0.2) is 0 Å². The molecule has 3 rings (SSSR count). The molecule has 16 heavy (non-hydrogen) atoms. The van der Waals surface area contributed by atoms with Crippen LogP contribution in [0.2, 0.25) is 0 Å². The van der Waals surface area contributed by atoms with Crippen LogP contribution in [0.1, 0.15) is 25.7 Å². The summed E-state index contributed by atoms with van der Waals surface area (Å²) < 4.78 is 0. The van der Waals surface area contributed by atoms with E-state index in [1.807, 2.05) is 13.1 Å². The van der Waals surface area contributed by atoms with E-state index in [2.05, 4.69) is 20.6 Å². The Hall–Kier alpha value is -1.32. The molecule has 2 aliphatic rings. The van der Waals surface area contributed by atoms with Crippen molar-refractivity contribution in [2.45, 2.75) is 25.7 Å². The van der Waals surface area contributed by atoms with Gasteiger partial charge in [-0.2, -0.15) is 0 Å². The Morgan fingerprint density at radius 3 is 2.69 bits per heavy atom. The highest BCUT2D eigenvalue weighted by atomic mass is 15.1. The Labute approximate surface area is 95.9 Å². The van der Waals surface area contributed by atoms with Crippen molar-refractivity contribution >= 4 is 11.6 Å². The minimum absolute atomic E-state index is 0.616. The Morgan fingerprint density at radius 1 is 1.31 bits per heavy atom. The lowest BCUT2D eigenvalue weighted by Gasteiger charge is -2.15. The minimum atomic E-state index is 0.616. The summed E-state index contributed by atoms with van der Waals surface area (Å²) >= 11 is 0. The fraction of sp³-hybridized carbons (Fsp3) is 0.667. The molecule has 0 aliphatic heterocycles. The number of aromatic nitrogens is 2. The molecule has 1 heterocycles. The lowest BCUT2D eigenvalue weighted by atomic mass is 10.0. The molecule has 2 fully saturated rings. The molecule has 86 valence electrons. The van der Waals surface area contributed by atoms with Gasteiger partial charge in [0.1, 0.15) is 18.0 Å². The average molecular weight is 218 g/mol. The zero-order chi connectivity index (χ0) is 11.0. The molecule has 2 N–H and O–H groups in total. The Kier molecular flexibility index (Phi) is 2.23. The molecule has 0 aromatic carbocycles. The highest BCUT2D eigenvalue weighted by molar-refractivity contribution is 5.46. The Morgan fingerprint density at radius 2 is 2.06 bits per heavy atom. The summed E-state index contributed by atoms with van der Waals surface area (Å²) in [5, 5.41) is 6.48. The molecule has 1 aromatic rings. The predicted molar refractivity (Wildman–Crippen MR) is 64.5 cm³/mol. The lowest BCUT2D eigenvalue weighted by molar-refractivity contribution is 0.466. The van der Waals surface area contributed by atoms with Crippen LogP contribution in [0.25, 0.3) is 0 Å². The molecule has 0 bridgehead atoms. The van der Waals surface area contributed by atoms with Crippen molar-refractivity contribution in [3.8, 4) is 0 Å². The third-order valence-corrected chi connectivity index (χ3v) is 3.88. The average Bonchev–Trinajstić information content (AvgIpc) is 3.17. The highest BCUT2D eigenvalue weighted by Crippen LogP contribution is 2.61. The van der Waals surface area contributed by atoms with E-state index >= 15 is 0 Å². The van der Waals surface area contributed by atoms with Gasteiger partial charge in [-0.3, -0.25) is 0 Å². The second-order valence-electron chi connectivity index (χ2n) is 5.03. The van der Waals surface area contributed by atoms with Crippen molar-refractivity contribution in [3.05, 3.63) is 12.4 Å². The second-order valence-corrected chi connectivity index (χ2v) is 5.03. The maximum Gasteiger partial charge on any atom is 0.131 e. The molecule has 0 saturated heterocycles. The first-order valence-electron chi connectivity index (χ1n) is 6.06. The minimum Gasteiger partial charge on any atom is -0.373 e. The number of hydrogen-bond acceptors (Lipinski definition) is 4. The first kappa shape index (κ1) is 9.87. The van der Waals surface area contributed by atoms with Gasteiger partial charge in [-0.15, -0.1) is 0 Å². The topological polar surface area (TPSA) is 49.8 Å². The SMILES string of the molecule is CNc1cc(NCC2(C3CC3)CC2)ncn1. The molecule has 0 radical (unpaired) electrons. The van der Waals surface area contributed by atoms with Crippen molar-refractivity contribution < 1.29 is 0 Å². The van der Waals surface area contributed by atoms with E-state index in [4.69, 9.17) is 0 Å². The zero-order valence-corrected chi connectivity index (χ0v) is 9.66. The third kappa shape index (κ3) is 1.84. The number of hydrogen-bond donors (Lipinski definition) is 2. The van der Waals surface area contributed by atoms with Gasteiger partial charge in [-0.25, -0.2) is 9.97 Å². The molecular weight excluding hydrogens is 200 g/mol. The molecule has 0 spiro atoms. The van der Waals surface area contributed by atoms with Crippen LogP contribution in [-0.4, -0.2) is 23.6 Å². The summed E-state index contributed by atoms with van der Waals surface area (Å²) in [6.07, 6.45) is 7.27. The quantitative estimate of drug-likeness (QED) is 0.795. The van der Waals surface area contributed by atoms with Crippen LogP contribution < -0.4 is 10.6 Å². The van der Waals surface area contributed by atoms with Crippen LogP contribution >= 0.6 is 0 Å². The molecule has 0 amide bonds. The van der Waals surface area contributed by atoms with Crippen LogP contribution in [0, 0.1) is 11.3 Å². The van der Waals surface area contributed by atoms with Crippen molar-refractivity contribution in [2.75, 3.05) is 24.2 Å². The largest absolute Gasteiger partial charge is 0.373 e. The van der Waals surface area contributed by atoms with Gasteiger partial charge in [-0.05, 0) is 37.0 Å². The monoisotopic (exact) mass is 218 g/mol. The van der Waals surface area contributed by atoms with Crippen molar-refractivity contribution in [1.82, 2.24) is 9.97 Å². The van der Waals surface area contributed by atoms with E-state index < -0.39 is 0 Å². The van der Waals surface area contributed by atoms with Gasteiger partial charge in [0, 0.05) is 19.7 Å². The van der Waals surface area contributed by atoms with Crippen molar-refractivity contribution in [3.63, 3.8) is 0 Å². The summed E-state index contributed by atoms with van der Waals surface area (Å²) in [5.41, 5.74) is 0.616. The Balaban J connectivity index is 1.61. The Bertz CT molecular complexity index is 382. The van der Waals surface area contributed by atoms with Crippen LogP contribution in [0.3, 0.4) is 0 Å². The maximum atomic E-state index is 4.24. The van der Waals surface area contributed by atoms with Gasteiger partial charge < -0.3 is 10.6 Å². The van der Waals surface area contributed by atoms with E-state index in [1.54, 1.807) is 6.33 Å². The first-order valence-corrected chi connectivity index (χ1v) is 6.06. The number of nitrogens with one attached hydrogen (secondary N) is 2. The molecule has 4 heteroatoms. The van der Waals surface area contributed by atoms with Gasteiger partial charge in [0.25, 0.3) is 0 Å². The number of nitrogens with zero attached hydrogens (tertiary/aromatic N) is 2. The summed E-state index contributed by atoms with van der Waals surface area (Å²) in [6, 6.07) is 1.96. The molecular formula is C12H18N4. The smallest absolute Gasteiger partial charge is 0.131 e. The molecule has 2 saturated carbocycles. The second kappa shape index (κ2) is 3.61. The predicted octanol–water partition coefficient (Wildman–Crippen LogP) is 2.12. The summed E-state index contributed by atoms with van der Waals surface area (Å²) in [7, 11) is 1.87. The van der Waals surface area contributed by atoms with Crippen LogP contribution in [0.4, 0.5) is 11.6 Å². The van der Waals surface area contributed by atoms with E-state index in [0.29, 0.717) is 5.41 Å². The van der Waals surface area contributed by atoms with Gasteiger partial charge in [-0.1, -0.05) is 0 Å². The fourth-order valence-corrected chi connectivity index (χ4v) is 2.44. The van der Waals surface area contributed by atoms with Crippen LogP contribution in [0.5, 0.6) is 0 Å². The summed E-state index contributed by atoms with van der Waals surface area (Å²) in [4.78, 5) is 8.34.